The number of hydrogen-bond donors (Lipinski definition) is 0. The highest BCUT2D eigenvalue weighted by Crippen LogP contribution is 2.38. The average molecular weight is 349 g/mol. The number of rotatable bonds is 1. The molecule has 1 amide bonds. The van der Waals surface area contributed by atoms with Gasteiger partial charge in [-0.2, -0.15) is 0 Å². The van der Waals surface area contributed by atoms with E-state index < -0.39 is 29.3 Å². The van der Waals surface area contributed by atoms with E-state index in [9.17, 15) is 13.6 Å². The second-order valence-corrected chi connectivity index (χ2v) is 5.89. The molecular formula is C20H13F2N3O. The normalized spacial score (nSPS) is 15.6. The van der Waals surface area contributed by atoms with Crippen molar-refractivity contribution in [2.75, 3.05) is 4.90 Å². The summed E-state index contributed by atoms with van der Waals surface area (Å²) in [6.07, 6.45) is 3.09. The van der Waals surface area contributed by atoms with Crippen LogP contribution in [0.4, 0.5) is 20.4 Å². The van der Waals surface area contributed by atoms with E-state index in [1.807, 2.05) is 18.2 Å². The van der Waals surface area contributed by atoms with E-state index in [0.717, 1.165) is 22.6 Å². The number of imidazole rings is 1. The molecule has 26 heavy (non-hydrogen) atoms. The van der Waals surface area contributed by atoms with E-state index in [1.165, 1.54) is 6.20 Å². The molecule has 6 heteroatoms. The highest BCUT2D eigenvalue weighted by molar-refractivity contribution is 6.04. The molecule has 2 aromatic carbocycles. The monoisotopic (exact) mass is 349 g/mol. The van der Waals surface area contributed by atoms with E-state index >= 15 is 0 Å². The number of fused-ring (bicyclic) bond motifs is 1. The number of benzene rings is 2. The van der Waals surface area contributed by atoms with Gasteiger partial charge in [-0.1, -0.05) is 30.0 Å². The van der Waals surface area contributed by atoms with Crippen molar-refractivity contribution >= 4 is 17.5 Å². The number of hydrogen-bond acceptors (Lipinski definition) is 2. The Labute approximate surface area is 148 Å². The third kappa shape index (κ3) is 2.54. The lowest BCUT2D eigenvalue weighted by Crippen LogP contribution is -2.25. The molecule has 0 saturated carbocycles. The topological polar surface area (TPSA) is 38.1 Å². The van der Waals surface area contributed by atoms with Crippen molar-refractivity contribution in [2.45, 2.75) is 13.0 Å². The second-order valence-electron chi connectivity index (χ2n) is 5.89. The molecular weight excluding hydrogens is 336 g/mol. The Hall–Kier alpha value is -3.46. The summed E-state index contributed by atoms with van der Waals surface area (Å²) in [4.78, 5) is 17.4. The van der Waals surface area contributed by atoms with Crippen molar-refractivity contribution in [1.82, 2.24) is 9.55 Å². The fraction of sp³-hybridized carbons (Fsp3) is 0.100. The van der Waals surface area contributed by atoms with Gasteiger partial charge < -0.3 is 4.57 Å². The van der Waals surface area contributed by atoms with Gasteiger partial charge in [-0.15, -0.1) is 0 Å². The molecule has 0 N–H and O–H groups in total. The van der Waals surface area contributed by atoms with E-state index in [1.54, 1.807) is 29.8 Å². The summed E-state index contributed by atoms with van der Waals surface area (Å²) in [6, 6.07) is 10.8. The van der Waals surface area contributed by atoms with Crippen LogP contribution in [0, 0.1) is 23.5 Å². The van der Waals surface area contributed by atoms with Crippen molar-refractivity contribution in [2.24, 2.45) is 0 Å². The van der Waals surface area contributed by atoms with Crippen LogP contribution in [0.3, 0.4) is 0 Å². The lowest BCUT2D eigenvalue weighted by atomic mass is 10.1. The zero-order valence-electron chi connectivity index (χ0n) is 13.8. The lowest BCUT2D eigenvalue weighted by molar-refractivity contribution is -0.119. The van der Waals surface area contributed by atoms with Crippen LogP contribution in [-0.2, 0) is 4.79 Å². The van der Waals surface area contributed by atoms with Gasteiger partial charge in [0.2, 0.25) is 5.95 Å². The van der Waals surface area contributed by atoms with Crippen LogP contribution in [0.1, 0.15) is 24.1 Å². The van der Waals surface area contributed by atoms with Crippen LogP contribution in [0.25, 0.3) is 0 Å². The zero-order chi connectivity index (χ0) is 18.3. The zero-order valence-corrected chi connectivity index (χ0v) is 13.8. The van der Waals surface area contributed by atoms with Gasteiger partial charge in [0, 0.05) is 23.5 Å². The minimum atomic E-state index is -0.862. The van der Waals surface area contributed by atoms with Crippen LogP contribution < -0.4 is 4.90 Å². The lowest BCUT2D eigenvalue weighted by Gasteiger charge is -2.16. The molecule has 0 aliphatic carbocycles. The van der Waals surface area contributed by atoms with Gasteiger partial charge in [0.1, 0.15) is 11.7 Å². The van der Waals surface area contributed by atoms with E-state index in [4.69, 9.17) is 0 Å². The molecule has 1 aliphatic heterocycles. The molecule has 0 spiro atoms. The first kappa shape index (κ1) is 16.0. The predicted octanol–water partition coefficient (Wildman–Crippen LogP) is 3.80. The van der Waals surface area contributed by atoms with Crippen LogP contribution >= 0.6 is 0 Å². The Kier molecular flexibility index (Phi) is 3.77. The largest absolute Gasteiger partial charge is 0.304 e. The van der Waals surface area contributed by atoms with Crippen LogP contribution in [0.15, 0.2) is 54.9 Å². The summed E-state index contributed by atoms with van der Waals surface area (Å²) < 4.78 is 30.9. The summed E-state index contributed by atoms with van der Waals surface area (Å²) >= 11 is 0. The number of nitrogens with zero attached hydrogens (tertiary/aromatic N) is 3. The highest BCUT2D eigenvalue weighted by Gasteiger charge is 2.38. The van der Waals surface area contributed by atoms with Crippen molar-refractivity contribution < 1.29 is 13.6 Å². The van der Waals surface area contributed by atoms with Crippen LogP contribution in [0.2, 0.25) is 0 Å². The standard InChI is InChI=1S/C20H13F2N3O/c1-13-19(26)25(20-23-9-10-24(13)20)18-16(21)11-15(12-17(18)22)8-7-14-5-3-2-4-6-14/h2-6,9-13H,1H3. The van der Waals surface area contributed by atoms with Crippen molar-refractivity contribution in [3.63, 3.8) is 0 Å². The third-order valence-electron chi connectivity index (χ3n) is 4.21. The number of amides is 1. The number of carbonyl (C=O) groups excluding carboxylic acids is 1. The van der Waals surface area contributed by atoms with Gasteiger partial charge in [-0.3, -0.25) is 4.79 Å². The molecule has 3 aromatic rings. The smallest absolute Gasteiger partial charge is 0.256 e. The summed E-state index contributed by atoms with van der Waals surface area (Å²) in [5.74, 6) is 3.63. The maximum atomic E-state index is 14.7. The molecule has 0 fully saturated rings. The molecule has 1 atom stereocenters. The first-order valence-corrected chi connectivity index (χ1v) is 7.99. The number of anilines is 2. The molecule has 1 aromatic heterocycles. The molecule has 2 heterocycles. The van der Waals surface area contributed by atoms with Crippen molar-refractivity contribution in [1.29, 1.82) is 0 Å². The van der Waals surface area contributed by atoms with E-state index in [-0.39, 0.29) is 11.5 Å². The average Bonchev–Trinajstić information content (AvgIpc) is 3.19. The summed E-state index contributed by atoms with van der Waals surface area (Å²) in [5, 5.41) is 0. The molecule has 0 bridgehead atoms. The van der Waals surface area contributed by atoms with Crippen LogP contribution in [0.5, 0.6) is 0 Å². The van der Waals surface area contributed by atoms with Gasteiger partial charge in [-0.25, -0.2) is 18.7 Å². The van der Waals surface area contributed by atoms with Crippen molar-refractivity contribution in [3.05, 3.63) is 77.6 Å². The van der Waals surface area contributed by atoms with Gasteiger partial charge in [0.25, 0.3) is 5.91 Å². The number of carbonyl (C=O) groups is 1. The first-order valence-electron chi connectivity index (χ1n) is 7.99. The SMILES string of the molecule is CC1C(=O)N(c2c(F)cc(C#Cc3ccccc3)cc2F)c2nccn21. The Morgan fingerprint density at radius 2 is 1.69 bits per heavy atom. The Bertz CT molecular complexity index is 1040. The van der Waals surface area contributed by atoms with Gasteiger partial charge in [0.05, 0.1) is 0 Å². The number of aromatic nitrogens is 2. The molecule has 1 aliphatic rings. The molecule has 128 valence electrons. The molecule has 4 nitrogen and oxygen atoms in total. The minimum absolute atomic E-state index is 0.190. The summed E-state index contributed by atoms with van der Waals surface area (Å²) in [5.41, 5.74) is 0.496. The molecule has 1 unspecified atom stereocenters. The highest BCUT2D eigenvalue weighted by atomic mass is 19.1. The summed E-state index contributed by atoms with van der Waals surface area (Å²) in [7, 11) is 0. The van der Waals surface area contributed by atoms with Gasteiger partial charge in [-0.05, 0) is 31.2 Å². The third-order valence-corrected chi connectivity index (χ3v) is 4.21. The molecule has 0 radical (unpaired) electrons. The summed E-state index contributed by atoms with van der Waals surface area (Å²) in [6.45, 7) is 1.66. The van der Waals surface area contributed by atoms with E-state index in [2.05, 4.69) is 16.8 Å². The second kappa shape index (κ2) is 6.12. The van der Waals surface area contributed by atoms with E-state index in [0.29, 0.717) is 0 Å². The maximum Gasteiger partial charge on any atom is 0.256 e. The maximum absolute atomic E-state index is 14.7. The first-order chi connectivity index (χ1) is 12.6. The van der Waals surface area contributed by atoms with Crippen LogP contribution in [-0.4, -0.2) is 15.5 Å². The Morgan fingerprint density at radius 1 is 1.04 bits per heavy atom. The Balaban J connectivity index is 1.74. The fourth-order valence-electron chi connectivity index (χ4n) is 2.91. The predicted molar refractivity (Wildman–Crippen MR) is 92.9 cm³/mol. The minimum Gasteiger partial charge on any atom is -0.304 e. The molecule has 0 saturated heterocycles. The van der Waals surface area contributed by atoms with Gasteiger partial charge >= 0.3 is 0 Å². The van der Waals surface area contributed by atoms with Crippen molar-refractivity contribution in [3.8, 4) is 11.8 Å². The quantitative estimate of drug-likeness (QED) is 0.627. The molecule has 4 rings (SSSR count). The number of halogens is 2. The van der Waals surface area contributed by atoms with Gasteiger partial charge in [0.15, 0.2) is 11.6 Å². The fourth-order valence-corrected chi connectivity index (χ4v) is 2.91. The Morgan fingerprint density at radius 3 is 2.38 bits per heavy atom.